The van der Waals surface area contributed by atoms with E-state index in [1.807, 2.05) is 0 Å². The minimum absolute atomic E-state index is 0.0491. The zero-order chi connectivity index (χ0) is 16.9. The second kappa shape index (κ2) is 7.21. The summed E-state index contributed by atoms with van der Waals surface area (Å²) in [5.74, 6) is -0.395. The lowest BCUT2D eigenvalue weighted by Gasteiger charge is -2.06. The molecule has 0 unspecified atom stereocenters. The minimum atomic E-state index is -3.72. The van der Waals surface area contributed by atoms with Gasteiger partial charge in [0.1, 0.15) is 0 Å². The fourth-order valence-corrected chi connectivity index (χ4v) is 2.96. The van der Waals surface area contributed by atoms with Crippen molar-refractivity contribution >= 4 is 15.8 Å². The minimum Gasteiger partial charge on any atom is -0.330 e. The molecule has 122 valence electrons. The summed E-state index contributed by atoms with van der Waals surface area (Å²) < 4.78 is 24.9. The summed E-state index contributed by atoms with van der Waals surface area (Å²) in [5, 5.41) is -0.0491. The molecule has 0 aliphatic heterocycles. The second-order valence-electron chi connectivity index (χ2n) is 4.68. The van der Waals surface area contributed by atoms with Gasteiger partial charge in [0, 0.05) is 13.1 Å². The molecule has 0 saturated heterocycles. The van der Waals surface area contributed by atoms with Crippen LogP contribution in [0, 0.1) is 0 Å². The van der Waals surface area contributed by atoms with Crippen LogP contribution in [0.1, 0.15) is 12.5 Å². The fourth-order valence-electron chi connectivity index (χ4n) is 1.79. The van der Waals surface area contributed by atoms with Gasteiger partial charge in [0.15, 0.2) is 10.8 Å². The van der Waals surface area contributed by atoms with Crippen LogP contribution in [0.15, 0.2) is 52.5 Å². The van der Waals surface area contributed by atoms with E-state index in [2.05, 4.69) is 9.87 Å². The number of sulfone groups is 1. The summed E-state index contributed by atoms with van der Waals surface area (Å²) in [5.41, 5.74) is 6.32. The van der Waals surface area contributed by atoms with Gasteiger partial charge in [-0.1, -0.05) is 6.07 Å². The number of carbonyl (C=O) groups excluding carboxylic acids is 1. The lowest BCUT2D eigenvalue weighted by atomic mass is 10.2. The van der Waals surface area contributed by atoms with E-state index in [0.717, 1.165) is 5.56 Å². The molecule has 2 N–H and O–H groups in total. The van der Waals surface area contributed by atoms with Gasteiger partial charge in [-0.05, 0) is 48.9 Å². The Morgan fingerprint density at radius 1 is 1.17 bits per heavy atom. The number of hydrogen-bond donors (Lipinski definition) is 1. The SMILES string of the molecule is CC(=O)OOc1ccc(S(=O)(=O)c2ccc(CCN)cn2)cc1. The van der Waals surface area contributed by atoms with E-state index in [4.69, 9.17) is 10.6 Å². The fraction of sp³-hybridized carbons (Fsp3) is 0.200. The van der Waals surface area contributed by atoms with Gasteiger partial charge in [0.05, 0.1) is 4.90 Å². The maximum Gasteiger partial charge on any atom is 0.352 e. The van der Waals surface area contributed by atoms with Crippen LogP contribution in [0.3, 0.4) is 0 Å². The Balaban J connectivity index is 2.20. The van der Waals surface area contributed by atoms with Crippen LogP contribution >= 0.6 is 0 Å². The van der Waals surface area contributed by atoms with Crippen LogP contribution in [0.2, 0.25) is 0 Å². The Kier molecular flexibility index (Phi) is 5.30. The van der Waals surface area contributed by atoms with Crippen molar-refractivity contribution in [3.63, 3.8) is 0 Å². The summed E-state index contributed by atoms with van der Waals surface area (Å²) in [7, 11) is -3.72. The summed E-state index contributed by atoms with van der Waals surface area (Å²) in [4.78, 5) is 23.8. The number of nitrogens with zero attached hydrogens (tertiary/aromatic N) is 1. The van der Waals surface area contributed by atoms with Gasteiger partial charge >= 0.3 is 5.97 Å². The highest BCUT2D eigenvalue weighted by Crippen LogP contribution is 2.22. The van der Waals surface area contributed by atoms with E-state index >= 15 is 0 Å². The van der Waals surface area contributed by atoms with Gasteiger partial charge < -0.3 is 5.73 Å². The third-order valence-electron chi connectivity index (χ3n) is 2.90. The van der Waals surface area contributed by atoms with Gasteiger partial charge in [-0.3, -0.25) is 9.78 Å². The molecule has 7 nitrogen and oxygen atoms in total. The van der Waals surface area contributed by atoms with Crippen molar-refractivity contribution in [1.29, 1.82) is 0 Å². The second-order valence-corrected chi connectivity index (χ2v) is 6.57. The normalized spacial score (nSPS) is 11.0. The Labute approximate surface area is 133 Å². The molecule has 0 amide bonds. The van der Waals surface area contributed by atoms with Crippen molar-refractivity contribution in [3.8, 4) is 5.75 Å². The zero-order valence-corrected chi connectivity index (χ0v) is 13.2. The molecule has 0 aliphatic carbocycles. The van der Waals surface area contributed by atoms with E-state index in [9.17, 15) is 13.2 Å². The van der Waals surface area contributed by atoms with Gasteiger partial charge in [0.2, 0.25) is 9.84 Å². The molecule has 2 aromatic rings. The molecule has 2 rings (SSSR count). The van der Waals surface area contributed by atoms with Crippen LogP contribution in [-0.4, -0.2) is 25.9 Å². The van der Waals surface area contributed by atoms with E-state index in [-0.39, 0.29) is 15.7 Å². The number of hydrogen-bond acceptors (Lipinski definition) is 7. The number of pyridine rings is 1. The molecule has 0 radical (unpaired) electrons. The average molecular weight is 336 g/mol. The van der Waals surface area contributed by atoms with Crippen molar-refractivity contribution < 1.29 is 23.0 Å². The Bertz CT molecular complexity index is 771. The first-order valence-electron chi connectivity index (χ1n) is 6.78. The van der Waals surface area contributed by atoms with Crippen LogP contribution in [0.25, 0.3) is 0 Å². The Morgan fingerprint density at radius 3 is 2.39 bits per heavy atom. The third-order valence-corrected chi connectivity index (χ3v) is 4.58. The van der Waals surface area contributed by atoms with Gasteiger partial charge in [-0.25, -0.2) is 18.2 Å². The molecular weight excluding hydrogens is 320 g/mol. The van der Waals surface area contributed by atoms with E-state index in [1.54, 1.807) is 6.07 Å². The lowest BCUT2D eigenvalue weighted by Crippen LogP contribution is -2.07. The number of nitrogens with two attached hydrogens (primary N) is 1. The van der Waals surface area contributed by atoms with Crippen molar-refractivity contribution in [2.45, 2.75) is 23.3 Å². The largest absolute Gasteiger partial charge is 0.352 e. The zero-order valence-electron chi connectivity index (χ0n) is 12.4. The summed E-state index contributed by atoms with van der Waals surface area (Å²) in [6.07, 6.45) is 2.13. The van der Waals surface area contributed by atoms with E-state index in [0.29, 0.717) is 13.0 Å². The summed E-state index contributed by atoms with van der Waals surface area (Å²) in [6, 6.07) is 8.61. The van der Waals surface area contributed by atoms with Crippen LogP contribution < -0.4 is 10.6 Å². The number of aromatic nitrogens is 1. The number of benzene rings is 1. The Hall–Kier alpha value is -2.45. The standard InChI is InChI=1S/C15H16N2O5S/c1-11(18)21-22-13-3-5-14(6-4-13)23(19,20)15-7-2-12(8-9-16)10-17-15/h2-7,10H,8-9,16H2,1H3. The summed E-state index contributed by atoms with van der Waals surface area (Å²) >= 11 is 0. The first-order valence-corrected chi connectivity index (χ1v) is 8.27. The van der Waals surface area contributed by atoms with Gasteiger partial charge in [0.25, 0.3) is 0 Å². The van der Waals surface area contributed by atoms with Crippen molar-refractivity contribution in [3.05, 3.63) is 48.2 Å². The maximum absolute atomic E-state index is 12.5. The first kappa shape index (κ1) is 16.9. The van der Waals surface area contributed by atoms with E-state index < -0.39 is 15.8 Å². The van der Waals surface area contributed by atoms with Crippen molar-refractivity contribution in [2.75, 3.05) is 6.54 Å². The molecule has 0 fully saturated rings. The highest BCUT2D eigenvalue weighted by atomic mass is 32.2. The number of carbonyl (C=O) groups is 1. The van der Waals surface area contributed by atoms with Crippen molar-refractivity contribution in [1.82, 2.24) is 4.98 Å². The van der Waals surface area contributed by atoms with Gasteiger partial charge in [-0.15, -0.1) is 0 Å². The van der Waals surface area contributed by atoms with Crippen LogP contribution in [0.4, 0.5) is 0 Å². The van der Waals surface area contributed by atoms with Crippen molar-refractivity contribution in [2.24, 2.45) is 5.73 Å². The molecule has 0 atom stereocenters. The predicted molar refractivity (Wildman–Crippen MR) is 81.3 cm³/mol. The van der Waals surface area contributed by atoms with Gasteiger partial charge in [-0.2, -0.15) is 0 Å². The highest BCUT2D eigenvalue weighted by molar-refractivity contribution is 7.91. The topological polar surface area (TPSA) is 109 Å². The quantitative estimate of drug-likeness (QED) is 0.625. The number of rotatable bonds is 6. The molecule has 0 spiro atoms. The highest BCUT2D eigenvalue weighted by Gasteiger charge is 2.19. The lowest BCUT2D eigenvalue weighted by molar-refractivity contribution is -0.210. The smallest absolute Gasteiger partial charge is 0.330 e. The molecule has 1 heterocycles. The average Bonchev–Trinajstić information content (AvgIpc) is 2.54. The molecule has 8 heteroatoms. The molecule has 0 saturated carbocycles. The molecule has 0 aliphatic rings. The van der Waals surface area contributed by atoms with Crippen LogP contribution in [-0.2, 0) is 25.9 Å². The Morgan fingerprint density at radius 2 is 1.87 bits per heavy atom. The van der Waals surface area contributed by atoms with Crippen LogP contribution in [0.5, 0.6) is 5.75 Å². The molecular formula is C15H16N2O5S. The molecule has 1 aromatic heterocycles. The molecule has 23 heavy (non-hydrogen) atoms. The predicted octanol–water partition coefficient (Wildman–Crippen LogP) is 1.27. The first-order chi connectivity index (χ1) is 10.9. The van der Waals surface area contributed by atoms with E-state index in [1.165, 1.54) is 43.5 Å². The molecule has 0 bridgehead atoms. The summed E-state index contributed by atoms with van der Waals surface area (Å²) in [6.45, 7) is 1.66. The monoisotopic (exact) mass is 336 g/mol. The molecule has 1 aromatic carbocycles. The third kappa shape index (κ3) is 4.27. The maximum atomic E-state index is 12.5.